The number of benzene rings is 3. The maximum atomic E-state index is 6.57. The van der Waals surface area contributed by atoms with Crippen molar-refractivity contribution >= 4 is 21.7 Å². The Morgan fingerprint density at radius 1 is 1.00 bits per heavy atom. The fourth-order valence-corrected chi connectivity index (χ4v) is 5.39. The van der Waals surface area contributed by atoms with Crippen LogP contribution in [0.4, 0.5) is 0 Å². The summed E-state index contributed by atoms with van der Waals surface area (Å²) in [5, 5.41) is 3.64. The Kier molecular flexibility index (Phi) is 3.67. The zero-order valence-electron chi connectivity index (χ0n) is 17.0. The summed E-state index contributed by atoms with van der Waals surface area (Å²) >= 11 is 0. The molecule has 6 rings (SSSR count). The van der Waals surface area contributed by atoms with Crippen LogP contribution in [0.5, 0.6) is 11.5 Å². The molecule has 0 radical (unpaired) electrons. The molecule has 3 nitrogen and oxygen atoms in total. The van der Waals surface area contributed by atoms with Crippen LogP contribution in [-0.4, -0.2) is 4.98 Å². The van der Waals surface area contributed by atoms with E-state index in [1.807, 2.05) is 6.33 Å². The lowest BCUT2D eigenvalue weighted by Gasteiger charge is -2.25. The van der Waals surface area contributed by atoms with Gasteiger partial charge in [0.05, 0.1) is 12.6 Å². The van der Waals surface area contributed by atoms with E-state index in [-0.39, 0.29) is 0 Å². The van der Waals surface area contributed by atoms with E-state index in [1.54, 1.807) is 0 Å². The number of aryl methyl sites for hydroxylation is 2. The van der Waals surface area contributed by atoms with Crippen LogP contribution in [0.2, 0.25) is 0 Å². The molecule has 2 aliphatic rings. The average Bonchev–Trinajstić information content (AvgIpc) is 2.76. The lowest BCUT2D eigenvalue weighted by molar-refractivity contribution is -0.662. The van der Waals surface area contributed by atoms with E-state index in [4.69, 9.17) is 9.72 Å². The molecule has 3 aromatic carbocycles. The minimum Gasteiger partial charge on any atom is -0.456 e. The molecule has 0 spiro atoms. The first-order valence-electron chi connectivity index (χ1n) is 10.7. The molecule has 0 N–H and O–H groups in total. The Bertz CT molecular complexity index is 1290. The molecule has 0 bridgehead atoms. The molecule has 2 heterocycles. The Morgan fingerprint density at radius 2 is 1.83 bits per heavy atom. The topological polar surface area (TPSA) is 26.0 Å². The zero-order valence-corrected chi connectivity index (χ0v) is 17.0. The number of rotatable bonds is 1. The molecule has 0 atom stereocenters. The van der Waals surface area contributed by atoms with Crippen LogP contribution in [0.25, 0.3) is 32.9 Å². The summed E-state index contributed by atoms with van der Waals surface area (Å²) in [4.78, 5) is 4.79. The molecule has 1 aromatic heterocycles. The van der Waals surface area contributed by atoms with Crippen molar-refractivity contribution in [1.82, 2.24) is 4.98 Å². The zero-order chi connectivity index (χ0) is 19.5. The van der Waals surface area contributed by atoms with Crippen LogP contribution in [-0.2, 0) is 7.05 Å². The monoisotopic (exact) mass is 381 g/mol. The van der Waals surface area contributed by atoms with Gasteiger partial charge in [-0.1, -0.05) is 43.5 Å². The normalized spacial score (nSPS) is 16.1. The van der Waals surface area contributed by atoms with Crippen molar-refractivity contribution in [3.05, 3.63) is 59.9 Å². The average molecular weight is 381 g/mol. The van der Waals surface area contributed by atoms with Gasteiger partial charge in [-0.3, -0.25) is 0 Å². The minimum atomic E-state index is 0.631. The third kappa shape index (κ3) is 2.50. The van der Waals surface area contributed by atoms with Crippen molar-refractivity contribution in [2.75, 3.05) is 0 Å². The summed E-state index contributed by atoms with van der Waals surface area (Å²) in [5.41, 5.74) is 6.11. The standard InChI is InChI=1S/C26H25N2O/c1-16-20-11-7-6-10-18(20)13-22-24(16)26-25-21(27-15-28(26)2)12-19(14-23(25)29-22)17-8-4-3-5-9-17/h6-7,10-15,17H,3-5,8-9H2,1-2H3/q+1. The van der Waals surface area contributed by atoms with E-state index in [2.05, 4.69) is 61.0 Å². The van der Waals surface area contributed by atoms with Gasteiger partial charge in [-0.15, -0.1) is 0 Å². The van der Waals surface area contributed by atoms with Crippen molar-refractivity contribution in [2.24, 2.45) is 7.05 Å². The highest BCUT2D eigenvalue weighted by Crippen LogP contribution is 2.49. The molecule has 1 saturated carbocycles. The van der Waals surface area contributed by atoms with Gasteiger partial charge in [0, 0.05) is 0 Å². The van der Waals surface area contributed by atoms with Gasteiger partial charge in [0.2, 0.25) is 0 Å². The highest BCUT2D eigenvalue weighted by molar-refractivity contribution is 6.04. The van der Waals surface area contributed by atoms with Crippen LogP contribution < -0.4 is 9.30 Å². The molecular formula is C26H25N2O+. The summed E-state index contributed by atoms with van der Waals surface area (Å²) in [6.07, 6.45) is 8.53. The third-order valence-electron chi connectivity index (χ3n) is 6.87. The van der Waals surface area contributed by atoms with E-state index >= 15 is 0 Å². The minimum absolute atomic E-state index is 0.631. The SMILES string of the molecule is Cc1c2c(cc3ccccc13)Oc1cc(C3CCCCC3)cc3nc[n+](C)c-2c13. The van der Waals surface area contributed by atoms with Crippen LogP contribution in [0.15, 0.2) is 48.8 Å². The second kappa shape index (κ2) is 6.28. The van der Waals surface area contributed by atoms with Crippen LogP contribution in [0, 0.1) is 6.92 Å². The molecule has 0 unspecified atom stereocenters. The van der Waals surface area contributed by atoms with E-state index in [9.17, 15) is 0 Å². The summed E-state index contributed by atoms with van der Waals surface area (Å²) in [6, 6.07) is 15.4. The summed E-state index contributed by atoms with van der Waals surface area (Å²) in [7, 11) is 2.09. The molecule has 4 aromatic rings. The maximum Gasteiger partial charge on any atom is 0.287 e. The summed E-state index contributed by atoms with van der Waals surface area (Å²) in [5.74, 6) is 2.55. The summed E-state index contributed by atoms with van der Waals surface area (Å²) < 4.78 is 8.72. The van der Waals surface area contributed by atoms with E-state index in [1.165, 1.54) is 65.3 Å². The predicted octanol–water partition coefficient (Wildman–Crippen LogP) is 6.34. The van der Waals surface area contributed by atoms with Crippen LogP contribution in [0.3, 0.4) is 0 Å². The Labute approximate surface area is 171 Å². The second-order valence-corrected chi connectivity index (χ2v) is 8.65. The molecule has 29 heavy (non-hydrogen) atoms. The van der Waals surface area contributed by atoms with Gasteiger partial charge in [0.25, 0.3) is 6.33 Å². The van der Waals surface area contributed by atoms with Gasteiger partial charge in [-0.25, -0.2) is 4.57 Å². The molecule has 144 valence electrons. The van der Waals surface area contributed by atoms with E-state index < -0.39 is 0 Å². The molecule has 1 aliphatic carbocycles. The fourth-order valence-electron chi connectivity index (χ4n) is 5.39. The second-order valence-electron chi connectivity index (χ2n) is 8.65. The van der Waals surface area contributed by atoms with Crippen molar-refractivity contribution in [1.29, 1.82) is 0 Å². The third-order valence-corrected chi connectivity index (χ3v) is 6.87. The number of ether oxygens (including phenoxy) is 1. The van der Waals surface area contributed by atoms with Crippen molar-refractivity contribution in [3.8, 4) is 22.8 Å². The van der Waals surface area contributed by atoms with Gasteiger partial charge in [0.1, 0.15) is 16.9 Å². The molecule has 1 aliphatic heterocycles. The van der Waals surface area contributed by atoms with Crippen molar-refractivity contribution in [2.45, 2.75) is 44.9 Å². The quantitative estimate of drug-likeness (QED) is 0.317. The molecule has 1 fully saturated rings. The Hall–Kier alpha value is -2.94. The van der Waals surface area contributed by atoms with Gasteiger partial charge in [-0.05, 0) is 70.8 Å². The van der Waals surface area contributed by atoms with Gasteiger partial charge in [-0.2, -0.15) is 0 Å². The van der Waals surface area contributed by atoms with Crippen LogP contribution in [0.1, 0.15) is 49.1 Å². The lowest BCUT2D eigenvalue weighted by Crippen LogP contribution is -2.33. The Morgan fingerprint density at radius 3 is 2.69 bits per heavy atom. The van der Waals surface area contributed by atoms with Gasteiger partial charge < -0.3 is 4.74 Å². The number of fused-ring (bicyclic) bond motifs is 3. The van der Waals surface area contributed by atoms with Crippen molar-refractivity contribution in [3.63, 3.8) is 0 Å². The molecule has 0 saturated heterocycles. The first-order valence-corrected chi connectivity index (χ1v) is 10.7. The van der Waals surface area contributed by atoms with E-state index in [0.29, 0.717) is 5.92 Å². The number of aromatic nitrogens is 2. The molecule has 0 amide bonds. The van der Waals surface area contributed by atoms with Crippen LogP contribution >= 0.6 is 0 Å². The maximum absolute atomic E-state index is 6.57. The number of nitrogens with zero attached hydrogens (tertiary/aromatic N) is 2. The molecule has 3 heteroatoms. The first kappa shape index (κ1) is 17.0. The smallest absolute Gasteiger partial charge is 0.287 e. The van der Waals surface area contributed by atoms with Gasteiger partial charge in [0.15, 0.2) is 11.2 Å². The Balaban J connectivity index is 1.65. The summed E-state index contributed by atoms with van der Waals surface area (Å²) in [6.45, 7) is 2.21. The largest absolute Gasteiger partial charge is 0.456 e. The van der Waals surface area contributed by atoms with E-state index in [0.717, 1.165) is 22.4 Å². The highest BCUT2D eigenvalue weighted by atomic mass is 16.5. The number of hydrogen-bond acceptors (Lipinski definition) is 2. The van der Waals surface area contributed by atoms with Gasteiger partial charge >= 0.3 is 0 Å². The van der Waals surface area contributed by atoms with Crippen molar-refractivity contribution < 1.29 is 9.30 Å². The number of hydrogen-bond donors (Lipinski definition) is 0. The first-order chi connectivity index (χ1) is 14.2. The molecular weight excluding hydrogens is 356 g/mol. The lowest BCUT2D eigenvalue weighted by atomic mass is 9.83. The fraction of sp³-hybridized carbons (Fsp3) is 0.308. The predicted molar refractivity (Wildman–Crippen MR) is 116 cm³/mol. The highest BCUT2D eigenvalue weighted by Gasteiger charge is 2.31.